The van der Waals surface area contributed by atoms with Crippen LogP contribution in [0.3, 0.4) is 0 Å². The van der Waals surface area contributed by atoms with Gasteiger partial charge in [-0.3, -0.25) is 0 Å². The highest BCUT2D eigenvalue weighted by atomic mass is 127. The predicted molar refractivity (Wildman–Crippen MR) is 69.7 cm³/mol. The SMILES string of the molecule is CCCCCCCP(I)C(C)C. The number of halogens is 1. The van der Waals surface area contributed by atoms with Gasteiger partial charge in [-0.15, -0.1) is 0 Å². The van der Waals surface area contributed by atoms with Crippen LogP contribution >= 0.6 is 27.6 Å². The number of rotatable bonds is 7. The van der Waals surface area contributed by atoms with E-state index in [0.717, 1.165) is 5.66 Å². The van der Waals surface area contributed by atoms with Crippen LogP contribution in [0.15, 0.2) is 0 Å². The summed E-state index contributed by atoms with van der Waals surface area (Å²) >= 11 is 2.66. The van der Waals surface area contributed by atoms with Crippen LogP contribution in [0.2, 0.25) is 0 Å². The summed E-state index contributed by atoms with van der Waals surface area (Å²) in [4.78, 5) is 0. The van der Waals surface area contributed by atoms with Crippen LogP contribution in [0.1, 0.15) is 52.9 Å². The third-order valence-electron chi connectivity index (χ3n) is 2.04. The molecule has 0 nitrogen and oxygen atoms in total. The number of unbranched alkanes of at least 4 members (excludes halogenated alkanes) is 4. The van der Waals surface area contributed by atoms with E-state index in [1.165, 1.54) is 38.3 Å². The average molecular weight is 300 g/mol. The van der Waals surface area contributed by atoms with Crippen molar-refractivity contribution in [2.75, 3.05) is 6.16 Å². The minimum atomic E-state index is 0.310. The summed E-state index contributed by atoms with van der Waals surface area (Å²) in [5.74, 6) is 0. The average Bonchev–Trinajstić information content (AvgIpc) is 2.03. The van der Waals surface area contributed by atoms with Gasteiger partial charge in [0.1, 0.15) is 0 Å². The summed E-state index contributed by atoms with van der Waals surface area (Å²) < 4.78 is 0. The van der Waals surface area contributed by atoms with Crippen molar-refractivity contribution in [1.82, 2.24) is 0 Å². The summed E-state index contributed by atoms with van der Waals surface area (Å²) in [6.07, 6.45) is 8.66. The van der Waals surface area contributed by atoms with Gasteiger partial charge in [0, 0.05) is 0 Å². The van der Waals surface area contributed by atoms with Gasteiger partial charge in [0.15, 0.2) is 0 Å². The molecule has 0 spiro atoms. The molecule has 2 heteroatoms. The maximum absolute atomic E-state index is 2.66. The molecule has 1 atom stereocenters. The molecule has 0 fully saturated rings. The molecule has 1 unspecified atom stereocenters. The maximum Gasteiger partial charge on any atom is -0.0176 e. The van der Waals surface area contributed by atoms with Gasteiger partial charge in [0.25, 0.3) is 0 Å². The number of hydrogen-bond acceptors (Lipinski definition) is 0. The van der Waals surface area contributed by atoms with E-state index >= 15 is 0 Å². The first-order valence-electron chi connectivity index (χ1n) is 5.11. The van der Waals surface area contributed by atoms with Gasteiger partial charge in [-0.1, -0.05) is 68.5 Å². The van der Waals surface area contributed by atoms with Crippen LogP contribution < -0.4 is 0 Å². The van der Waals surface area contributed by atoms with E-state index in [9.17, 15) is 0 Å². The molecule has 0 aliphatic heterocycles. The van der Waals surface area contributed by atoms with E-state index in [1.807, 2.05) is 0 Å². The maximum atomic E-state index is 2.66. The smallest absolute Gasteiger partial charge is 0.0176 e. The molecule has 0 aliphatic rings. The van der Waals surface area contributed by atoms with Crippen molar-refractivity contribution >= 4 is 27.6 Å². The van der Waals surface area contributed by atoms with Crippen LogP contribution in [0.4, 0.5) is 0 Å². The van der Waals surface area contributed by atoms with Crippen molar-refractivity contribution in [3.8, 4) is 0 Å². The molecule has 0 aromatic carbocycles. The topological polar surface area (TPSA) is 0 Å². The van der Waals surface area contributed by atoms with E-state index in [4.69, 9.17) is 0 Å². The Bertz CT molecular complexity index is 93.8. The first kappa shape index (κ1) is 13.2. The summed E-state index contributed by atoms with van der Waals surface area (Å²) in [5, 5.41) is 0. The van der Waals surface area contributed by atoms with Crippen LogP contribution in [-0.4, -0.2) is 11.8 Å². The summed E-state index contributed by atoms with van der Waals surface area (Å²) in [5.41, 5.74) is 1.23. The first-order chi connectivity index (χ1) is 5.68. The lowest BCUT2D eigenvalue weighted by Gasteiger charge is -2.13. The molecule has 12 heavy (non-hydrogen) atoms. The van der Waals surface area contributed by atoms with Crippen molar-refractivity contribution in [2.24, 2.45) is 0 Å². The molecule has 0 aromatic heterocycles. The molecule has 0 aromatic rings. The van der Waals surface area contributed by atoms with Crippen molar-refractivity contribution in [2.45, 2.75) is 58.5 Å². The lowest BCUT2D eigenvalue weighted by molar-refractivity contribution is 0.658. The van der Waals surface area contributed by atoms with Crippen molar-refractivity contribution < 1.29 is 0 Å². The highest BCUT2D eigenvalue weighted by molar-refractivity contribution is 14.2. The fourth-order valence-corrected chi connectivity index (χ4v) is 3.19. The number of hydrogen-bond donors (Lipinski definition) is 0. The molecule has 0 rings (SSSR count). The Hall–Kier alpha value is 1.16. The van der Waals surface area contributed by atoms with Gasteiger partial charge in [0.2, 0.25) is 0 Å². The molecule has 0 heterocycles. The third kappa shape index (κ3) is 7.79. The molecule has 0 saturated carbocycles. The minimum absolute atomic E-state index is 0.310. The normalized spacial score (nSPS) is 13.8. The van der Waals surface area contributed by atoms with Crippen LogP contribution in [0.25, 0.3) is 0 Å². The van der Waals surface area contributed by atoms with E-state index in [2.05, 4.69) is 42.8 Å². The quantitative estimate of drug-likeness (QED) is 0.344. The Morgan fingerprint density at radius 3 is 2.17 bits per heavy atom. The van der Waals surface area contributed by atoms with Crippen LogP contribution in [-0.2, 0) is 0 Å². The Kier molecular flexibility index (Phi) is 9.59. The summed E-state index contributed by atoms with van der Waals surface area (Å²) in [6.45, 7) is 6.98. The van der Waals surface area contributed by atoms with Gasteiger partial charge in [-0.25, -0.2) is 0 Å². The molecule has 74 valence electrons. The van der Waals surface area contributed by atoms with E-state index in [0.29, 0.717) is 5.56 Å². The molecule has 0 amide bonds. The second kappa shape index (κ2) is 8.74. The highest BCUT2D eigenvalue weighted by Gasteiger charge is 2.06. The molecule has 0 aliphatic carbocycles. The molecular formula is C10H22IP. The second-order valence-corrected chi connectivity index (χ2v) is 9.63. The van der Waals surface area contributed by atoms with E-state index in [-0.39, 0.29) is 0 Å². The van der Waals surface area contributed by atoms with Crippen molar-refractivity contribution in [3.63, 3.8) is 0 Å². The zero-order chi connectivity index (χ0) is 9.40. The van der Waals surface area contributed by atoms with Crippen LogP contribution in [0.5, 0.6) is 0 Å². The van der Waals surface area contributed by atoms with Gasteiger partial charge < -0.3 is 0 Å². The fourth-order valence-electron chi connectivity index (χ4n) is 1.12. The summed E-state index contributed by atoms with van der Waals surface area (Å²) in [6, 6.07) is 0. The molecule has 0 bridgehead atoms. The van der Waals surface area contributed by atoms with E-state index < -0.39 is 0 Å². The largest absolute Gasteiger partial charge is 0.0654 e. The Morgan fingerprint density at radius 2 is 1.67 bits per heavy atom. The zero-order valence-electron chi connectivity index (χ0n) is 8.65. The third-order valence-corrected chi connectivity index (χ3v) is 8.69. The second-order valence-electron chi connectivity index (χ2n) is 3.63. The van der Waals surface area contributed by atoms with Crippen molar-refractivity contribution in [3.05, 3.63) is 0 Å². The van der Waals surface area contributed by atoms with Gasteiger partial charge >= 0.3 is 0 Å². The highest BCUT2D eigenvalue weighted by Crippen LogP contribution is 2.50. The van der Waals surface area contributed by atoms with Crippen molar-refractivity contribution in [1.29, 1.82) is 0 Å². The monoisotopic (exact) mass is 300 g/mol. The fraction of sp³-hybridized carbons (Fsp3) is 1.00. The Morgan fingerprint density at radius 1 is 1.08 bits per heavy atom. The Balaban J connectivity index is 3.08. The predicted octanol–water partition coefficient (Wildman–Crippen LogP) is 5.20. The minimum Gasteiger partial charge on any atom is -0.0654 e. The van der Waals surface area contributed by atoms with Gasteiger partial charge in [0.05, 0.1) is 0 Å². The lowest BCUT2D eigenvalue weighted by Crippen LogP contribution is -1.91. The summed E-state index contributed by atoms with van der Waals surface area (Å²) in [7, 11) is 0. The lowest BCUT2D eigenvalue weighted by atomic mass is 10.2. The first-order valence-corrected chi connectivity index (χ1v) is 9.49. The molecule has 0 radical (unpaired) electrons. The van der Waals surface area contributed by atoms with Crippen LogP contribution in [0, 0.1) is 0 Å². The van der Waals surface area contributed by atoms with Gasteiger partial charge in [-0.2, -0.15) is 0 Å². The Labute approximate surface area is 92.1 Å². The van der Waals surface area contributed by atoms with E-state index in [1.54, 1.807) is 0 Å². The molecular weight excluding hydrogens is 278 g/mol. The molecule has 0 saturated heterocycles. The zero-order valence-corrected chi connectivity index (χ0v) is 11.7. The standard InChI is InChI=1S/C10H22IP/c1-4-5-6-7-8-9-12(11)10(2)3/h10H,4-9H2,1-3H3. The van der Waals surface area contributed by atoms with Gasteiger partial charge in [-0.05, 0) is 23.8 Å². The molecule has 0 N–H and O–H groups in total.